The van der Waals surface area contributed by atoms with Crippen molar-refractivity contribution in [2.75, 3.05) is 26.8 Å². The Labute approximate surface area is 228 Å². The summed E-state index contributed by atoms with van der Waals surface area (Å²) in [6, 6.07) is 14.9. The summed E-state index contributed by atoms with van der Waals surface area (Å²) < 4.78 is 37.3. The van der Waals surface area contributed by atoms with Crippen LogP contribution in [0.4, 0.5) is 0 Å². The Balaban J connectivity index is 1.58. The molecule has 0 aliphatic carbocycles. The van der Waals surface area contributed by atoms with Gasteiger partial charge in [0.1, 0.15) is 29.5 Å². The first-order valence-electron chi connectivity index (χ1n) is 11.2. The maximum absolute atomic E-state index is 12.8. The molecule has 1 aromatic heterocycles. The largest absolute Gasteiger partial charge is 0.492 e. The summed E-state index contributed by atoms with van der Waals surface area (Å²) >= 11 is 6.12. The van der Waals surface area contributed by atoms with Gasteiger partial charge in [0.05, 0.1) is 24.2 Å². The fraction of sp³-hybridized carbons (Fsp3) is 0.160. The molecule has 1 heterocycles. The molecule has 3 amide bonds. The first kappa shape index (κ1) is 29.1. The van der Waals surface area contributed by atoms with E-state index in [0.717, 1.165) is 25.4 Å². The number of halogens is 1. The van der Waals surface area contributed by atoms with E-state index in [1.54, 1.807) is 12.1 Å². The van der Waals surface area contributed by atoms with Crippen molar-refractivity contribution in [3.05, 3.63) is 88.7 Å². The highest BCUT2D eigenvalue weighted by atomic mass is 35.5. The lowest BCUT2D eigenvalue weighted by molar-refractivity contribution is -0.139. The zero-order valence-electron chi connectivity index (χ0n) is 20.5. The summed E-state index contributed by atoms with van der Waals surface area (Å²) in [6.45, 7) is 0.0403. The number of rotatable bonds is 11. The molecule has 0 unspecified atom stereocenters. The van der Waals surface area contributed by atoms with Crippen molar-refractivity contribution in [3.63, 3.8) is 0 Å². The number of ether oxygens (including phenoxy) is 2. The quantitative estimate of drug-likeness (QED) is 0.227. The molecule has 0 saturated heterocycles. The summed E-state index contributed by atoms with van der Waals surface area (Å²) in [6.07, 6.45) is 0.995. The van der Waals surface area contributed by atoms with E-state index >= 15 is 0 Å². The summed E-state index contributed by atoms with van der Waals surface area (Å²) in [5.74, 6) is -2.23. The highest BCUT2D eigenvalue weighted by molar-refractivity contribution is 7.90. The maximum Gasteiger partial charge on any atom is 0.325 e. The molecule has 0 saturated carbocycles. The predicted octanol–water partition coefficient (Wildman–Crippen LogP) is 1.57. The van der Waals surface area contributed by atoms with Gasteiger partial charge in [-0.25, -0.2) is 13.1 Å². The van der Waals surface area contributed by atoms with Crippen molar-refractivity contribution in [1.82, 2.24) is 20.3 Å². The molecule has 39 heavy (non-hydrogen) atoms. The lowest BCUT2D eigenvalue weighted by Crippen LogP contribution is -2.32. The number of nitrogens with zero attached hydrogens (tertiary/aromatic N) is 1. The van der Waals surface area contributed by atoms with Crippen LogP contribution in [0.25, 0.3) is 0 Å². The van der Waals surface area contributed by atoms with Crippen LogP contribution in [-0.2, 0) is 19.6 Å². The SMILES string of the molecule is COC(=O)CNC(=O)c1ccc(C(=O)NS(=O)(=O)c2ccc(C(=O)NCCOc3ccccc3)cc2Cl)cn1. The smallest absolute Gasteiger partial charge is 0.325 e. The summed E-state index contributed by atoms with van der Waals surface area (Å²) in [4.78, 5) is 51.4. The number of carbonyl (C=O) groups is 4. The molecule has 0 fully saturated rings. The van der Waals surface area contributed by atoms with Gasteiger partial charge in [0, 0.05) is 11.8 Å². The van der Waals surface area contributed by atoms with E-state index in [2.05, 4.69) is 20.4 Å². The predicted molar refractivity (Wildman–Crippen MR) is 139 cm³/mol. The minimum Gasteiger partial charge on any atom is -0.492 e. The molecule has 3 rings (SSSR count). The standard InChI is InChI=1S/C25H23ClN4O8S/c1-37-22(31)15-29-25(34)20-9-7-17(14-28-20)24(33)30-39(35,36)21-10-8-16(13-19(21)26)23(32)27-11-12-38-18-5-3-2-4-6-18/h2-10,13-14H,11-12,15H2,1H3,(H,27,32)(H,29,34)(H,30,33). The average molecular weight is 575 g/mol. The Morgan fingerprint density at radius 3 is 2.26 bits per heavy atom. The van der Waals surface area contributed by atoms with Gasteiger partial charge in [-0.2, -0.15) is 0 Å². The first-order valence-corrected chi connectivity index (χ1v) is 13.1. The van der Waals surface area contributed by atoms with Crippen LogP contribution in [0.5, 0.6) is 5.75 Å². The number of esters is 1. The minimum atomic E-state index is -4.42. The van der Waals surface area contributed by atoms with Crippen molar-refractivity contribution in [2.45, 2.75) is 4.90 Å². The first-order chi connectivity index (χ1) is 18.6. The fourth-order valence-corrected chi connectivity index (χ4v) is 4.55. The fourth-order valence-electron chi connectivity index (χ4n) is 3.03. The lowest BCUT2D eigenvalue weighted by atomic mass is 10.2. The monoisotopic (exact) mass is 574 g/mol. The minimum absolute atomic E-state index is 0.107. The van der Waals surface area contributed by atoms with E-state index in [1.807, 2.05) is 22.9 Å². The molecular weight excluding hydrogens is 552 g/mol. The van der Waals surface area contributed by atoms with Gasteiger partial charge in [0.25, 0.3) is 27.7 Å². The molecule has 2 aromatic carbocycles. The van der Waals surface area contributed by atoms with Gasteiger partial charge in [0.15, 0.2) is 0 Å². The third kappa shape index (κ3) is 8.25. The molecule has 204 valence electrons. The third-order valence-corrected chi connectivity index (χ3v) is 6.80. The average Bonchev–Trinajstić information content (AvgIpc) is 2.93. The van der Waals surface area contributed by atoms with E-state index < -0.39 is 38.6 Å². The van der Waals surface area contributed by atoms with Crippen molar-refractivity contribution < 1.29 is 37.1 Å². The summed E-state index contributed by atoms with van der Waals surface area (Å²) in [5.41, 5.74) is -0.162. The van der Waals surface area contributed by atoms with E-state index in [1.165, 1.54) is 18.2 Å². The van der Waals surface area contributed by atoms with Crippen LogP contribution in [0, 0.1) is 0 Å². The second-order valence-corrected chi connectivity index (χ2v) is 9.75. The Bertz CT molecular complexity index is 1470. The zero-order valence-corrected chi connectivity index (χ0v) is 22.0. The number of sulfonamides is 1. The number of hydrogen-bond donors (Lipinski definition) is 3. The van der Waals surface area contributed by atoms with Gasteiger partial charge < -0.3 is 20.1 Å². The number of benzene rings is 2. The van der Waals surface area contributed by atoms with Crippen LogP contribution in [0.3, 0.4) is 0 Å². The topological polar surface area (TPSA) is 170 Å². The third-order valence-electron chi connectivity index (χ3n) is 4.99. The normalized spacial score (nSPS) is 10.7. The van der Waals surface area contributed by atoms with Crippen LogP contribution in [0.2, 0.25) is 5.02 Å². The number of amides is 3. The van der Waals surface area contributed by atoms with Gasteiger partial charge in [-0.05, 0) is 42.5 Å². The lowest BCUT2D eigenvalue weighted by Gasteiger charge is -2.11. The number of para-hydroxylation sites is 1. The Morgan fingerprint density at radius 1 is 0.897 bits per heavy atom. The van der Waals surface area contributed by atoms with Crippen molar-refractivity contribution in [1.29, 1.82) is 0 Å². The van der Waals surface area contributed by atoms with Crippen LogP contribution in [0.15, 0.2) is 71.8 Å². The molecule has 0 bridgehead atoms. The van der Waals surface area contributed by atoms with Gasteiger partial charge in [-0.1, -0.05) is 29.8 Å². The van der Waals surface area contributed by atoms with E-state index in [0.29, 0.717) is 5.75 Å². The van der Waals surface area contributed by atoms with Gasteiger partial charge in [0.2, 0.25) is 0 Å². The number of aromatic nitrogens is 1. The van der Waals surface area contributed by atoms with Crippen LogP contribution in [-0.4, -0.2) is 63.9 Å². The van der Waals surface area contributed by atoms with Crippen LogP contribution < -0.4 is 20.1 Å². The number of hydrogen-bond acceptors (Lipinski definition) is 9. The summed E-state index contributed by atoms with van der Waals surface area (Å²) in [5, 5.41) is 4.63. The number of methoxy groups -OCH3 is 1. The van der Waals surface area contributed by atoms with Gasteiger partial charge in [-0.3, -0.25) is 24.2 Å². The van der Waals surface area contributed by atoms with Crippen molar-refractivity contribution >= 4 is 45.3 Å². The summed E-state index contributed by atoms with van der Waals surface area (Å²) in [7, 11) is -3.26. The zero-order chi connectivity index (χ0) is 28.4. The van der Waals surface area contributed by atoms with Crippen molar-refractivity contribution in [3.8, 4) is 5.75 Å². The molecule has 0 spiro atoms. The molecule has 0 atom stereocenters. The highest BCUT2D eigenvalue weighted by Crippen LogP contribution is 2.23. The van der Waals surface area contributed by atoms with Crippen LogP contribution >= 0.6 is 11.6 Å². The van der Waals surface area contributed by atoms with E-state index in [-0.39, 0.29) is 41.5 Å². The molecule has 3 aromatic rings. The number of nitrogens with one attached hydrogen (secondary N) is 3. The van der Waals surface area contributed by atoms with E-state index in [4.69, 9.17) is 16.3 Å². The molecule has 12 nitrogen and oxygen atoms in total. The molecule has 14 heteroatoms. The maximum atomic E-state index is 12.8. The molecule has 0 aliphatic heterocycles. The molecule has 0 radical (unpaired) electrons. The molecule has 0 aliphatic rings. The van der Waals surface area contributed by atoms with Gasteiger partial charge in [-0.15, -0.1) is 0 Å². The second-order valence-electron chi connectivity index (χ2n) is 7.69. The Hall–Kier alpha value is -4.49. The van der Waals surface area contributed by atoms with Crippen LogP contribution in [0.1, 0.15) is 31.2 Å². The molecular formula is C25H23ClN4O8S. The number of carbonyl (C=O) groups excluding carboxylic acids is 4. The second kappa shape index (κ2) is 13.3. The Kier molecular flexibility index (Phi) is 9.95. The highest BCUT2D eigenvalue weighted by Gasteiger charge is 2.23. The number of pyridine rings is 1. The molecule has 3 N–H and O–H groups in total. The Morgan fingerprint density at radius 2 is 1.62 bits per heavy atom. The van der Waals surface area contributed by atoms with Crippen molar-refractivity contribution in [2.24, 2.45) is 0 Å². The van der Waals surface area contributed by atoms with Gasteiger partial charge >= 0.3 is 5.97 Å². The van der Waals surface area contributed by atoms with E-state index in [9.17, 15) is 27.6 Å².